The molecule has 4 aromatic rings. The largest absolute Gasteiger partial charge is 0.320 e. The zero-order chi connectivity index (χ0) is 19.5. The van der Waals surface area contributed by atoms with E-state index in [9.17, 15) is 0 Å². The molecule has 136 valence electrons. The summed E-state index contributed by atoms with van der Waals surface area (Å²) in [5, 5.41) is 10.7. The van der Waals surface area contributed by atoms with Crippen LogP contribution in [0, 0.1) is 11.3 Å². The molecule has 0 bridgehead atoms. The van der Waals surface area contributed by atoms with Gasteiger partial charge in [-0.1, -0.05) is 35.5 Å². The van der Waals surface area contributed by atoms with E-state index in [2.05, 4.69) is 16.0 Å². The van der Waals surface area contributed by atoms with Crippen molar-refractivity contribution in [1.29, 1.82) is 5.26 Å². The van der Waals surface area contributed by atoms with Gasteiger partial charge < -0.3 is 4.57 Å². The summed E-state index contributed by atoms with van der Waals surface area (Å²) in [7, 11) is 1.96. The maximum Gasteiger partial charge on any atom is 0.161 e. The minimum Gasteiger partial charge on any atom is -0.320 e. The number of hydrogen-bond acceptors (Lipinski definition) is 5. The molecular formula is C21H14ClN5S. The monoisotopic (exact) mass is 403 g/mol. The molecule has 7 heteroatoms. The number of halogens is 1. The number of hydrogen-bond donors (Lipinski definition) is 0. The SMILES string of the molecule is Cn1c(-c2cnccn2)nc(-c2ccc(C#N)cc2)c1Sc1ccc(Cl)cc1. The average molecular weight is 404 g/mol. The van der Waals surface area contributed by atoms with Gasteiger partial charge in [-0.3, -0.25) is 4.98 Å². The molecule has 2 aromatic heterocycles. The first kappa shape index (κ1) is 18.2. The Labute approximate surface area is 171 Å². The molecule has 0 unspecified atom stereocenters. The van der Waals surface area contributed by atoms with E-state index >= 15 is 0 Å². The second kappa shape index (κ2) is 7.85. The minimum absolute atomic E-state index is 0.612. The molecule has 2 heterocycles. The predicted molar refractivity (Wildman–Crippen MR) is 110 cm³/mol. The second-order valence-electron chi connectivity index (χ2n) is 5.98. The number of nitrogens with zero attached hydrogens (tertiary/aromatic N) is 5. The van der Waals surface area contributed by atoms with Gasteiger partial charge in [0, 0.05) is 34.9 Å². The van der Waals surface area contributed by atoms with Gasteiger partial charge in [-0.25, -0.2) is 9.97 Å². The fourth-order valence-electron chi connectivity index (χ4n) is 2.75. The molecule has 0 aliphatic heterocycles. The van der Waals surface area contributed by atoms with Crippen LogP contribution in [0.2, 0.25) is 5.02 Å². The van der Waals surface area contributed by atoms with Crippen LogP contribution < -0.4 is 0 Å². The molecule has 0 aliphatic rings. The van der Waals surface area contributed by atoms with E-state index in [1.807, 2.05) is 48.0 Å². The van der Waals surface area contributed by atoms with Gasteiger partial charge in [0.25, 0.3) is 0 Å². The second-order valence-corrected chi connectivity index (χ2v) is 7.48. The molecule has 0 amide bonds. The van der Waals surface area contributed by atoms with Crippen molar-refractivity contribution < 1.29 is 0 Å². The van der Waals surface area contributed by atoms with Crippen LogP contribution in [0.3, 0.4) is 0 Å². The molecule has 0 radical (unpaired) electrons. The Morgan fingerprint density at radius 3 is 2.43 bits per heavy atom. The summed E-state index contributed by atoms with van der Waals surface area (Å²) in [6, 6.07) is 17.2. The lowest BCUT2D eigenvalue weighted by atomic mass is 10.1. The first-order valence-electron chi connectivity index (χ1n) is 8.43. The maximum atomic E-state index is 9.07. The third-order valence-electron chi connectivity index (χ3n) is 4.15. The third-order valence-corrected chi connectivity index (χ3v) is 5.57. The van der Waals surface area contributed by atoms with Crippen LogP contribution in [0.25, 0.3) is 22.8 Å². The van der Waals surface area contributed by atoms with E-state index in [1.165, 1.54) is 0 Å². The molecule has 28 heavy (non-hydrogen) atoms. The average Bonchev–Trinajstić information content (AvgIpc) is 3.06. The molecular weight excluding hydrogens is 390 g/mol. The normalized spacial score (nSPS) is 10.6. The van der Waals surface area contributed by atoms with Crippen molar-refractivity contribution in [3.8, 4) is 28.8 Å². The lowest BCUT2D eigenvalue weighted by Gasteiger charge is -2.07. The highest BCUT2D eigenvalue weighted by molar-refractivity contribution is 7.99. The van der Waals surface area contributed by atoms with Crippen molar-refractivity contribution in [3.63, 3.8) is 0 Å². The Kier molecular flexibility index (Phi) is 5.11. The molecule has 0 saturated carbocycles. The van der Waals surface area contributed by atoms with Gasteiger partial charge in [0.05, 0.1) is 17.8 Å². The van der Waals surface area contributed by atoms with Gasteiger partial charge >= 0.3 is 0 Å². The van der Waals surface area contributed by atoms with Crippen molar-refractivity contribution in [2.45, 2.75) is 9.92 Å². The number of rotatable bonds is 4. The van der Waals surface area contributed by atoms with Crippen LogP contribution in [0.4, 0.5) is 0 Å². The van der Waals surface area contributed by atoms with Gasteiger partial charge in [0.1, 0.15) is 16.4 Å². The highest BCUT2D eigenvalue weighted by atomic mass is 35.5. The molecule has 0 N–H and O–H groups in total. The summed E-state index contributed by atoms with van der Waals surface area (Å²) < 4.78 is 2.01. The molecule has 4 rings (SSSR count). The Balaban J connectivity index is 1.84. The minimum atomic E-state index is 0.612. The predicted octanol–water partition coefficient (Wildman–Crippen LogP) is 5.22. The summed E-state index contributed by atoms with van der Waals surface area (Å²) in [5.41, 5.74) is 3.07. The van der Waals surface area contributed by atoms with Crippen molar-refractivity contribution in [1.82, 2.24) is 19.5 Å². The van der Waals surface area contributed by atoms with Crippen LogP contribution in [0.5, 0.6) is 0 Å². The Bertz CT molecular complexity index is 1150. The van der Waals surface area contributed by atoms with Gasteiger partial charge in [0.2, 0.25) is 0 Å². The van der Waals surface area contributed by atoms with Gasteiger partial charge in [-0.2, -0.15) is 5.26 Å². The molecule has 0 spiro atoms. The Morgan fingerprint density at radius 2 is 1.79 bits per heavy atom. The topological polar surface area (TPSA) is 67.4 Å². The van der Waals surface area contributed by atoms with E-state index in [1.54, 1.807) is 42.5 Å². The van der Waals surface area contributed by atoms with Gasteiger partial charge in [0.15, 0.2) is 5.82 Å². The third kappa shape index (κ3) is 3.63. The van der Waals surface area contributed by atoms with Crippen molar-refractivity contribution >= 4 is 23.4 Å². The van der Waals surface area contributed by atoms with Crippen molar-refractivity contribution in [2.24, 2.45) is 7.05 Å². The van der Waals surface area contributed by atoms with Crippen LogP contribution in [-0.4, -0.2) is 19.5 Å². The number of nitriles is 1. The van der Waals surface area contributed by atoms with Crippen LogP contribution in [0.1, 0.15) is 5.56 Å². The molecule has 2 aromatic carbocycles. The van der Waals surface area contributed by atoms with E-state index in [0.717, 1.165) is 27.0 Å². The Morgan fingerprint density at radius 1 is 1.04 bits per heavy atom. The fraction of sp³-hybridized carbons (Fsp3) is 0.0476. The smallest absolute Gasteiger partial charge is 0.161 e. The number of imidazole rings is 1. The zero-order valence-corrected chi connectivity index (χ0v) is 16.4. The first-order valence-corrected chi connectivity index (χ1v) is 9.62. The zero-order valence-electron chi connectivity index (χ0n) is 14.9. The van der Waals surface area contributed by atoms with E-state index < -0.39 is 0 Å². The molecule has 5 nitrogen and oxygen atoms in total. The quantitative estimate of drug-likeness (QED) is 0.467. The van der Waals surface area contributed by atoms with Crippen LogP contribution in [-0.2, 0) is 7.05 Å². The van der Waals surface area contributed by atoms with E-state index in [4.69, 9.17) is 21.8 Å². The highest BCUT2D eigenvalue weighted by Crippen LogP contribution is 2.38. The van der Waals surface area contributed by atoms with Crippen LogP contribution >= 0.6 is 23.4 Å². The Hall–Kier alpha value is -3.14. The molecule has 0 aliphatic carbocycles. The van der Waals surface area contributed by atoms with Gasteiger partial charge in [-0.15, -0.1) is 0 Å². The van der Waals surface area contributed by atoms with E-state index in [-0.39, 0.29) is 0 Å². The van der Waals surface area contributed by atoms with Crippen LogP contribution in [0.15, 0.2) is 77.0 Å². The summed E-state index contributed by atoms with van der Waals surface area (Å²) in [6.45, 7) is 0. The van der Waals surface area contributed by atoms with Crippen molar-refractivity contribution in [3.05, 3.63) is 77.7 Å². The molecule has 0 fully saturated rings. The standard InChI is InChI=1S/C21H14ClN5S/c1-27-20(18-13-24-10-11-25-18)26-19(15-4-2-14(12-23)3-5-15)21(27)28-17-8-6-16(22)7-9-17/h2-11,13H,1H3. The molecule has 0 saturated heterocycles. The summed E-state index contributed by atoms with van der Waals surface area (Å²) in [6.07, 6.45) is 4.98. The summed E-state index contributed by atoms with van der Waals surface area (Å²) in [4.78, 5) is 14.4. The lowest BCUT2D eigenvalue weighted by molar-refractivity contribution is 0.830. The molecule has 0 atom stereocenters. The fourth-order valence-corrected chi connectivity index (χ4v) is 3.85. The number of benzene rings is 2. The summed E-state index contributed by atoms with van der Waals surface area (Å²) >= 11 is 7.62. The van der Waals surface area contributed by atoms with Crippen molar-refractivity contribution in [2.75, 3.05) is 0 Å². The number of aromatic nitrogens is 4. The summed E-state index contributed by atoms with van der Waals surface area (Å²) in [5.74, 6) is 0.726. The van der Waals surface area contributed by atoms with Gasteiger partial charge in [-0.05, 0) is 36.4 Å². The van der Waals surface area contributed by atoms with E-state index in [0.29, 0.717) is 16.3 Å². The first-order chi connectivity index (χ1) is 13.7. The lowest BCUT2D eigenvalue weighted by Crippen LogP contribution is -1.96. The highest BCUT2D eigenvalue weighted by Gasteiger charge is 2.19. The maximum absolute atomic E-state index is 9.07.